The summed E-state index contributed by atoms with van der Waals surface area (Å²) in [5.74, 6) is 0.535. The van der Waals surface area contributed by atoms with Crippen molar-refractivity contribution in [3.63, 3.8) is 0 Å². The van der Waals surface area contributed by atoms with Crippen LogP contribution in [-0.2, 0) is 11.8 Å². The number of carbonyl (C=O) groups excluding carboxylic acids is 1. The molecule has 1 aromatic carbocycles. The Hall–Kier alpha value is -3.82. The molecule has 166 valence electrons. The molecule has 2 aromatic heterocycles. The van der Waals surface area contributed by atoms with Gasteiger partial charge in [0.2, 0.25) is 11.6 Å². The molecule has 1 N–H and O–H groups in total. The number of nitrogens with zero attached hydrogens (tertiary/aromatic N) is 8. The molecule has 1 aliphatic heterocycles. The van der Waals surface area contributed by atoms with Gasteiger partial charge in [0.1, 0.15) is 11.4 Å². The van der Waals surface area contributed by atoms with E-state index in [9.17, 15) is 4.79 Å². The average Bonchev–Trinajstić information content (AvgIpc) is 3.44. The predicted octanol–water partition coefficient (Wildman–Crippen LogP) is 2.23. The normalized spacial score (nSPS) is 13.9. The van der Waals surface area contributed by atoms with E-state index >= 15 is 0 Å². The SMILES string of the molecule is CCN(CC)c1ccc(/N=C2/C(C(=O)NC)=Nn3c2nnc3-c2cc(C)n(C)n2)c(C)c1. The van der Waals surface area contributed by atoms with Crippen molar-refractivity contribution in [3.05, 3.63) is 41.3 Å². The van der Waals surface area contributed by atoms with Crippen molar-refractivity contribution >= 4 is 28.7 Å². The van der Waals surface area contributed by atoms with Gasteiger partial charge in [0.25, 0.3) is 5.91 Å². The van der Waals surface area contributed by atoms with Crippen molar-refractivity contribution in [2.24, 2.45) is 17.1 Å². The third-order valence-electron chi connectivity index (χ3n) is 5.60. The number of aryl methyl sites for hydroxylation is 3. The lowest BCUT2D eigenvalue weighted by molar-refractivity contribution is -0.114. The Bertz CT molecular complexity index is 1220. The van der Waals surface area contributed by atoms with E-state index in [1.807, 2.05) is 39.1 Å². The second-order valence-electron chi connectivity index (χ2n) is 7.58. The Labute approximate surface area is 186 Å². The quantitative estimate of drug-likeness (QED) is 0.642. The maximum Gasteiger partial charge on any atom is 0.273 e. The van der Waals surface area contributed by atoms with Gasteiger partial charge in [0.15, 0.2) is 5.71 Å². The summed E-state index contributed by atoms with van der Waals surface area (Å²) >= 11 is 0. The van der Waals surface area contributed by atoms with Gasteiger partial charge in [0.05, 0.1) is 5.69 Å². The Morgan fingerprint density at radius 3 is 2.44 bits per heavy atom. The summed E-state index contributed by atoms with van der Waals surface area (Å²) in [4.78, 5) is 19.6. The molecule has 3 aromatic rings. The van der Waals surface area contributed by atoms with Crippen molar-refractivity contribution < 1.29 is 4.79 Å². The molecule has 1 aliphatic rings. The summed E-state index contributed by atoms with van der Waals surface area (Å²) in [6, 6.07) is 8.00. The number of fused-ring (bicyclic) bond motifs is 1. The molecule has 0 atom stereocenters. The molecule has 0 aliphatic carbocycles. The molecule has 0 unspecified atom stereocenters. The van der Waals surface area contributed by atoms with Crippen molar-refractivity contribution in [2.45, 2.75) is 27.7 Å². The number of anilines is 1. The Balaban J connectivity index is 1.80. The second-order valence-corrected chi connectivity index (χ2v) is 7.58. The van der Waals surface area contributed by atoms with Crippen LogP contribution in [0, 0.1) is 13.8 Å². The van der Waals surface area contributed by atoms with Crippen LogP contribution in [0.3, 0.4) is 0 Å². The zero-order valence-corrected chi connectivity index (χ0v) is 19.2. The maximum atomic E-state index is 12.6. The smallest absolute Gasteiger partial charge is 0.273 e. The minimum Gasteiger partial charge on any atom is -0.372 e. The van der Waals surface area contributed by atoms with E-state index in [-0.39, 0.29) is 11.6 Å². The molecule has 0 saturated heterocycles. The molecule has 0 fully saturated rings. The molecule has 0 bridgehead atoms. The minimum absolute atomic E-state index is 0.193. The molecular weight excluding hydrogens is 406 g/mol. The van der Waals surface area contributed by atoms with E-state index in [4.69, 9.17) is 4.99 Å². The van der Waals surface area contributed by atoms with E-state index in [0.717, 1.165) is 35.7 Å². The number of hydrogen-bond acceptors (Lipinski definition) is 7. The molecule has 10 heteroatoms. The first-order valence-electron chi connectivity index (χ1n) is 10.6. The van der Waals surface area contributed by atoms with Crippen molar-refractivity contribution in [2.75, 3.05) is 25.0 Å². The highest BCUT2D eigenvalue weighted by atomic mass is 16.2. The number of amides is 1. The largest absolute Gasteiger partial charge is 0.372 e. The van der Waals surface area contributed by atoms with Gasteiger partial charge in [-0.05, 0) is 57.5 Å². The molecular formula is C22H27N9O. The van der Waals surface area contributed by atoms with Gasteiger partial charge in [-0.25, -0.2) is 4.99 Å². The molecule has 4 rings (SSSR count). The van der Waals surface area contributed by atoms with Gasteiger partial charge in [-0.2, -0.15) is 14.9 Å². The lowest BCUT2D eigenvalue weighted by atomic mass is 10.1. The number of rotatable bonds is 6. The first-order chi connectivity index (χ1) is 15.4. The fraction of sp³-hybridized carbons (Fsp3) is 0.364. The number of nitrogens with one attached hydrogen (secondary N) is 1. The van der Waals surface area contributed by atoms with Crippen LogP contribution in [0.15, 0.2) is 34.4 Å². The number of benzene rings is 1. The number of carbonyl (C=O) groups is 1. The second kappa shape index (κ2) is 8.37. The summed E-state index contributed by atoms with van der Waals surface area (Å²) in [5.41, 5.74) is 5.07. The van der Waals surface area contributed by atoms with E-state index in [2.05, 4.69) is 50.5 Å². The molecule has 32 heavy (non-hydrogen) atoms. The fourth-order valence-corrected chi connectivity index (χ4v) is 3.65. The number of hydrogen-bond donors (Lipinski definition) is 1. The summed E-state index contributed by atoms with van der Waals surface area (Å²) in [7, 11) is 3.42. The molecule has 0 spiro atoms. The van der Waals surface area contributed by atoms with Crippen LogP contribution < -0.4 is 10.2 Å². The molecule has 10 nitrogen and oxygen atoms in total. The fourth-order valence-electron chi connectivity index (χ4n) is 3.65. The van der Waals surface area contributed by atoms with Crippen LogP contribution in [0.4, 0.5) is 11.4 Å². The molecule has 0 saturated carbocycles. The predicted molar refractivity (Wildman–Crippen MR) is 125 cm³/mol. The summed E-state index contributed by atoms with van der Waals surface area (Å²) in [5, 5.41) is 20.1. The van der Waals surface area contributed by atoms with E-state index in [0.29, 0.717) is 23.1 Å². The standard InChI is InChI=1S/C22H27N9O/c1-7-30(8-2)15-9-10-16(13(3)11-15)24-18-19(22(32)23-5)28-31-20(25-26-21(18)31)17-12-14(4)29(6)27-17/h9-12H,7-8H2,1-6H3,(H,23,32)/b24-18-. The molecule has 0 radical (unpaired) electrons. The van der Waals surface area contributed by atoms with E-state index in [1.165, 1.54) is 4.68 Å². The summed E-state index contributed by atoms with van der Waals surface area (Å²) in [6.07, 6.45) is 0. The van der Waals surface area contributed by atoms with Crippen LogP contribution >= 0.6 is 0 Å². The van der Waals surface area contributed by atoms with Gasteiger partial charge >= 0.3 is 0 Å². The monoisotopic (exact) mass is 433 g/mol. The minimum atomic E-state index is -0.338. The molecule has 3 heterocycles. The van der Waals surface area contributed by atoms with Crippen LogP contribution in [0.2, 0.25) is 0 Å². The first-order valence-corrected chi connectivity index (χ1v) is 10.6. The third kappa shape index (κ3) is 3.57. The van der Waals surface area contributed by atoms with Gasteiger partial charge in [0, 0.05) is 38.6 Å². The average molecular weight is 434 g/mol. The zero-order chi connectivity index (χ0) is 23.0. The van der Waals surface area contributed by atoms with E-state index < -0.39 is 0 Å². The first kappa shape index (κ1) is 21.4. The van der Waals surface area contributed by atoms with Gasteiger partial charge < -0.3 is 10.2 Å². The third-order valence-corrected chi connectivity index (χ3v) is 5.60. The van der Waals surface area contributed by atoms with Crippen LogP contribution in [0.1, 0.15) is 30.9 Å². The van der Waals surface area contributed by atoms with Crippen molar-refractivity contribution in [3.8, 4) is 11.5 Å². The summed E-state index contributed by atoms with van der Waals surface area (Å²) < 4.78 is 3.29. The summed E-state index contributed by atoms with van der Waals surface area (Å²) in [6.45, 7) is 10.1. The van der Waals surface area contributed by atoms with Crippen LogP contribution in [0.5, 0.6) is 0 Å². The Kier molecular flexibility index (Phi) is 5.60. The highest BCUT2D eigenvalue weighted by Gasteiger charge is 2.33. The van der Waals surface area contributed by atoms with Crippen LogP contribution in [-0.4, -0.2) is 62.1 Å². The highest BCUT2D eigenvalue weighted by Crippen LogP contribution is 2.28. The maximum absolute atomic E-state index is 12.6. The lowest BCUT2D eigenvalue weighted by Crippen LogP contribution is -2.32. The van der Waals surface area contributed by atoms with Gasteiger partial charge in [-0.1, -0.05) is 0 Å². The van der Waals surface area contributed by atoms with Gasteiger partial charge in [-0.3, -0.25) is 9.48 Å². The highest BCUT2D eigenvalue weighted by molar-refractivity contribution is 6.70. The molecule has 1 amide bonds. The van der Waals surface area contributed by atoms with Crippen LogP contribution in [0.25, 0.3) is 11.5 Å². The van der Waals surface area contributed by atoms with Gasteiger partial charge in [-0.15, -0.1) is 10.2 Å². The van der Waals surface area contributed by atoms with Crippen molar-refractivity contribution in [1.29, 1.82) is 0 Å². The lowest BCUT2D eigenvalue weighted by Gasteiger charge is -2.21. The zero-order valence-electron chi connectivity index (χ0n) is 19.2. The number of aliphatic imine (C=N–C) groups is 1. The Morgan fingerprint density at radius 2 is 1.84 bits per heavy atom. The van der Waals surface area contributed by atoms with E-state index in [1.54, 1.807) is 11.7 Å². The van der Waals surface area contributed by atoms with Crippen molar-refractivity contribution in [1.82, 2.24) is 30.0 Å². The topological polar surface area (TPSA) is 106 Å². The Morgan fingerprint density at radius 1 is 1.12 bits per heavy atom. The number of aromatic nitrogens is 5.